The van der Waals surface area contributed by atoms with Crippen LogP contribution in [0.2, 0.25) is 0 Å². The minimum atomic E-state index is -0.205. The van der Waals surface area contributed by atoms with Crippen molar-refractivity contribution in [3.63, 3.8) is 0 Å². The molecule has 0 unspecified atom stereocenters. The molecule has 1 aliphatic rings. The molecular formula is C21H30O3. The molecule has 0 spiro atoms. The van der Waals surface area contributed by atoms with Gasteiger partial charge in [0.25, 0.3) is 0 Å². The van der Waals surface area contributed by atoms with Crippen LogP contribution >= 0.6 is 0 Å². The highest BCUT2D eigenvalue weighted by Gasteiger charge is 2.30. The van der Waals surface area contributed by atoms with Crippen molar-refractivity contribution in [3.8, 4) is 0 Å². The first-order valence-electron chi connectivity index (χ1n) is 9.24. The van der Waals surface area contributed by atoms with E-state index in [0.717, 1.165) is 38.5 Å². The summed E-state index contributed by atoms with van der Waals surface area (Å²) < 4.78 is 0. The first-order valence-corrected chi connectivity index (χ1v) is 9.24. The SMILES string of the molecule is CCCCC=CCC(=O)C1=C(C(=O)CC=CCCCC)C(=O)CC1. The van der Waals surface area contributed by atoms with Crippen LogP contribution in [0.25, 0.3) is 0 Å². The zero-order valence-electron chi connectivity index (χ0n) is 15.1. The van der Waals surface area contributed by atoms with E-state index in [9.17, 15) is 14.4 Å². The van der Waals surface area contributed by atoms with Crippen LogP contribution in [0.4, 0.5) is 0 Å². The molecule has 0 aromatic carbocycles. The molecular weight excluding hydrogens is 300 g/mol. The summed E-state index contributed by atoms with van der Waals surface area (Å²) in [7, 11) is 0. The first kappa shape index (κ1) is 20.3. The van der Waals surface area contributed by atoms with Gasteiger partial charge in [-0.3, -0.25) is 14.4 Å². The van der Waals surface area contributed by atoms with E-state index in [-0.39, 0.29) is 35.8 Å². The summed E-state index contributed by atoms with van der Waals surface area (Å²) in [6.07, 6.45) is 15.3. The van der Waals surface area contributed by atoms with Crippen molar-refractivity contribution in [2.45, 2.75) is 78.1 Å². The summed E-state index contributed by atoms with van der Waals surface area (Å²) in [4.78, 5) is 36.6. The highest BCUT2D eigenvalue weighted by Crippen LogP contribution is 2.26. The van der Waals surface area contributed by atoms with Gasteiger partial charge in [-0.25, -0.2) is 0 Å². The third-order valence-electron chi connectivity index (χ3n) is 4.19. The van der Waals surface area contributed by atoms with Crippen molar-refractivity contribution in [3.05, 3.63) is 35.5 Å². The fourth-order valence-corrected chi connectivity index (χ4v) is 2.75. The molecule has 0 radical (unpaired) electrons. The highest BCUT2D eigenvalue weighted by atomic mass is 16.2. The maximum atomic E-state index is 12.3. The lowest BCUT2D eigenvalue weighted by Crippen LogP contribution is -2.12. The minimum Gasteiger partial charge on any atom is -0.294 e. The Morgan fingerprint density at radius 3 is 1.92 bits per heavy atom. The number of hydrogen-bond donors (Lipinski definition) is 0. The Labute approximate surface area is 145 Å². The van der Waals surface area contributed by atoms with E-state index in [2.05, 4.69) is 13.8 Å². The van der Waals surface area contributed by atoms with E-state index in [1.165, 1.54) is 0 Å². The van der Waals surface area contributed by atoms with Gasteiger partial charge < -0.3 is 0 Å². The molecule has 24 heavy (non-hydrogen) atoms. The Kier molecular flexibility index (Phi) is 9.90. The summed E-state index contributed by atoms with van der Waals surface area (Å²) in [6, 6.07) is 0. The normalized spacial score (nSPS) is 15.2. The fourth-order valence-electron chi connectivity index (χ4n) is 2.75. The van der Waals surface area contributed by atoms with Crippen molar-refractivity contribution >= 4 is 17.3 Å². The number of carbonyl (C=O) groups excluding carboxylic acids is 3. The number of carbonyl (C=O) groups is 3. The van der Waals surface area contributed by atoms with Gasteiger partial charge in [0.15, 0.2) is 17.3 Å². The molecule has 0 heterocycles. The first-order chi connectivity index (χ1) is 11.6. The number of ketones is 3. The summed E-state index contributed by atoms with van der Waals surface area (Å²) >= 11 is 0. The largest absolute Gasteiger partial charge is 0.294 e. The van der Waals surface area contributed by atoms with Gasteiger partial charge >= 0.3 is 0 Å². The quantitative estimate of drug-likeness (QED) is 0.285. The average Bonchev–Trinajstić information content (AvgIpc) is 2.96. The topological polar surface area (TPSA) is 51.2 Å². The number of Topliss-reactive ketones (excluding diaryl/α,β-unsaturated/α-hetero) is 3. The van der Waals surface area contributed by atoms with Crippen LogP contribution in [0.15, 0.2) is 35.5 Å². The molecule has 0 saturated heterocycles. The molecule has 0 saturated carbocycles. The van der Waals surface area contributed by atoms with Gasteiger partial charge in [0.1, 0.15) is 0 Å². The lowest BCUT2D eigenvalue weighted by Gasteiger charge is -2.02. The van der Waals surface area contributed by atoms with E-state index < -0.39 is 0 Å². The van der Waals surface area contributed by atoms with Crippen molar-refractivity contribution in [1.82, 2.24) is 0 Å². The average molecular weight is 330 g/mol. The maximum absolute atomic E-state index is 12.3. The number of rotatable bonds is 12. The van der Waals surface area contributed by atoms with Gasteiger partial charge in [0.05, 0.1) is 5.57 Å². The molecule has 1 rings (SSSR count). The standard InChI is InChI=1S/C21H30O3/c1-3-5-7-9-11-13-18(22)17-15-16-20(24)21(17)19(23)14-12-10-8-6-4-2/h9-12H,3-8,13-16H2,1-2H3. The third kappa shape index (κ3) is 6.77. The number of unbranched alkanes of at least 4 members (excludes halogenated alkanes) is 4. The molecule has 0 amide bonds. The maximum Gasteiger partial charge on any atom is 0.170 e. The van der Waals surface area contributed by atoms with E-state index >= 15 is 0 Å². The lowest BCUT2D eigenvalue weighted by atomic mass is 9.99. The van der Waals surface area contributed by atoms with Gasteiger partial charge in [0, 0.05) is 24.8 Å². The molecule has 0 bridgehead atoms. The van der Waals surface area contributed by atoms with E-state index in [1.807, 2.05) is 24.3 Å². The lowest BCUT2D eigenvalue weighted by molar-refractivity contribution is -0.121. The van der Waals surface area contributed by atoms with Crippen LogP contribution in [0.3, 0.4) is 0 Å². The summed E-state index contributed by atoms with van der Waals surface area (Å²) in [6.45, 7) is 4.25. The molecule has 0 atom stereocenters. The van der Waals surface area contributed by atoms with Crippen LogP contribution in [0.1, 0.15) is 78.1 Å². The smallest absolute Gasteiger partial charge is 0.170 e. The van der Waals surface area contributed by atoms with Gasteiger partial charge in [-0.05, 0) is 19.3 Å². The zero-order valence-corrected chi connectivity index (χ0v) is 15.1. The van der Waals surface area contributed by atoms with Gasteiger partial charge in [-0.15, -0.1) is 0 Å². The predicted molar refractivity (Wildman–Crippen MR) is 97.8 cm³/mol. The molecule has 132 valence electrons. The molecule has 0 aromatic rings. The minimum absolute atomic E-state index is 0.0769. The number of hydrogen-bond acceptors (Lipinski definition) is 3. The van der Waals surface area contributed by atoms with Gasteiger partial charge in [-0.2, -0.15) is 0 Å². The fraction of sp³-hybridized carbons (Fsp3) is 0.571. The Hall–Kier alpha value is -1.77. The molecule has 0 aliphatic heterocycles. The Morgan fingerprint density at radius 2 is 1.38 bits per heavy atom. The molecule has 0 fully saturated rings. The van der Waals surface area contributed by atoms with Gasteiger partial charge in [0.2, 0.25) is 0 Å². The van der Waals surface area contributed by atoms with E-state index in [1.54, 1.807) is 0 Å². The highest BCUT2D eigenvalue weighted by molar-refractivity contribution is 6.27. The van der Waals surface area contributed by atoms with Crippen LogP contribution in [-0.2, 0) is 14.4 Å². The van der Waals surface area contributed by atoms with Gasteiger partial charge in [-0.1, -0.05) is 63.8 Å². The van der Waals surface area contributed by atoms with Crippen molar-refractivity contribution < 1.29 is 14.4 Å². The van der Waals surface area contributed by atoms with Crippen LogP contribution in [0.5, 0.6) is 0 Å². The second-order valence-corrected chi connectivity index (χ2v) is 6.26. The second-order valence-electron chi connectivity index (χ2n) is 6.26. The van der Waals surface area contributed by atoms with Crippen LogP contribution in [0, 0.1) is 0 Å². The summed E-state index contributed by atoms with van der Waals surface area (Å²) in [5, 5.41) is 0. The van der Waals surface area contributed by atoms with Crippen molar-refractivity contribution in [1.29, 1.82) is 0 Å². The summed E-state index contributed by atoms with van der Waals surface area (Å²) in [5.41, 5.74) is 0.620. The Balaban J connectivity index is 2.65. The predicted octanol–water partition coefficient (Wildman–Crippen LogP) is 5.06. The zero-order chi connectivity index (χ0) is 17.8. The summed E-state index contributed by atoms with van der Waals surface area (Å²) in [5.74, 6) is -0.448. The van der Waals surface area contributed by atoms with Crippen molar-refractivity contribution in [2.75, 3.05) is 0 Å². The third-order valence-corrected chi connectivity index (χ3v) is 4.19. The number of allylic oxidation sites excluding steroid dienone is 6. The molecule has 3 nitrogen and oxygen atoms in total. The Bertz CT molecular complexity index is 535. The monoisotopic (exact) mass is 330 g/mol. The Morgan fingerprint density at radius 1 is 0.833 bits per heavy atom. The molecule has 0 aromatic heterocycles. The van der Waals surface area contributed by atoms with Crippen LogP contribution < -0.4 is 0 Å². The van der Waals surface area contributed by atoms with Crippen molar-refractivity contribution in [2.24, 2.45) is 0 Å². The molecule has 3 heteroatoms. The van der Waals surface area contributed by atoms with Crippen LogP contribution in [-0.4, -0.2) is 17.3 Å². The van der Waals surface area contributed by atoms with E-state index in [0.29, 0.717) is 18.4 Å². The second kappa shape index (κ2) is 11.7. The molecule has 1 aliphatic carbocycles. The molecule has 0 N–H and O–H groups in total. The van der Waals surface area contributed by atoms with E-state index in [4.69, 9.17) is 0 Å².